The monoisotopic (exact) mass is 814 g/mol. The minimum Gasteiger partial charge on any atom is -0.756 e. The Morgan fingerprint density at radius 2 is 0.929 bits per heavy atom. The number of likely N-dealkylation sites (N-methyl/N-ethyl adjacent to an activating group) is 1. The number of nitrogens with zero attached hydrogens (tertiary/aromatic N) is 1. The Kier molecular flexibility index (Phi) is 37.9. The second-order valence-corrected chi connectivity index (χ2v) is 18.2. The molecule has 0 aromatic rings. The van der Waals surface area contributed by atoms with Gasteiger partial charge >= 0.3 is 11.9 Å². The summed E-state index contributed by atoms with van der Waals surface area (Å²) in [6.07, 6.45) is 42.1. The van der Waals surface area contributed by atoms with Gasteiger partial charge in [-0.05, 0) is 57.8 Å². The highest BCUT2D eigenvalue weighted by atomic mass is 31.2. The van der Waals surface area contributed by atoms with E-state index in [0.717, 1.165) is 64.2 Å². The van der Waals surface area contributed by atoms with Gasteiger partial charge in [0.05, 0.1) is 27.7 Å². The molecule has 0 saturated heterocycles. The fourth-order valence-corrected chi connectivity index (χ4v) is 7.01. The van der Waals surface area contributed by atoms with Gasteiger partial charge in [-0.2, -0.15) is 0 Å². The van der Waals surface area contributed by atoms with E-state index in [1.54, 1.807) is 0 Å². The first-order valence-electron chi connectivity index (χ1n) is 23.0. The van der Waals surface area contributed by atoms with Crippen LogP contribution in [0.4, 0.5) is 0 Å². The third kappa shape index (κ3) is 42.1. The van der Waals surface area contributed by atoms with E-state index < -0.39 is 32.5 Å². The topological polar surface area (TPSA) is 111 Å². The van der Waals surface area contributed by atoms with Crippen molar-refractivity contribution >= 4 is 19.8 Å². The highest BCUT2D eigenvalue weighted by Gasteiger charge is 2.21. The summed E-state index contributed by atoms with van der Waals surface area (Å²) in [5.41, 5.74) is 0. The lowest BCUT2D eigenvalue weighted by atomic mass is 10.1. The fourth-order valence-electron chi connectivity index (χ4n) is 6.28. The highest BCUT2D eigenvalue weighted by molar-refractivity contribution is 7.45. The smallest absolute Gasteiger partial charge is 0.306 e. The molecule has 0 N–H and O–H groups in total. The maximum absolute atomic E-state index is 12.7. The van der Waals surface area contributed by atoms with E-state index in [1.807, 2.05) is 21.1 Å². The lowest BCUT2D eigenvalue weighted by molar-refractivity contribution is -0.870. The molecular weight excluding hydrogens is 725 g/mol. The molecule has 2 atom stereocenters. The number of esters is 2. The zero-order valence-corrected chi connectivity index (χ0v) is 38.0. The molecule has 0 rings (SSSR count). The van der Waals surface area contributed by atoms with Crippen LogP contribution in [0, 0.1) is 0 Å². The van der Waals surface area contributed by atoms with Crippen molar-refractivity contribution in [3.05, 3.63) is 24.3 Å². The van der Waals surface area contributed by atoms with Crippen LogP contribution in [-0.4, -0.2) is 70.0 Å². The number of allylic oxidation sites excluding steroid dienone is 4. The zero-order chi connectivity index (χ0) is 41.4. The predicted octanol–water partition coefficient (Wildman–Crippen LogP) is 12.5. The largest absolute Gasteiger partial charge is 0.756 e. The summed E-state index contributed by atoms with van der Waals surface area (Å²) in [6, 6.07) is 0. The summed E-state index contributed by atoms with van der Waals surface area (Å²) < 4.78 is 33.9. The van der Waals surface area contributed by atoms with Gasteiger partial charge in [-0.1, -0.05) is 160 Å². The van der Waals surface area contributed by atoms with Crippen LogP contribution in [0.3, 0.4) is 0 Å². The molecule has 330 valence electrons. The summed E-state index contributed by atoms with van der Waals surface area (Å²) in [5.74, 6) is -0.844. The highest BCUT2D eigenvalue weighted by Crippen LogP contribution is 2.38. The third-order valence-corrected chi connectivity index (χ3v) is 10.9. The van der Waals surface area contributed by atoms with Gasteiger partial charge in [0, 0.05) is 12.8 Å². The molecule has 56 heavy (non-hydrogen) atoms. The molecule has 0 aromatic heterocycles. The molecular formula is C46H88NO8P. The average molecular weight is 814 g/mol. The molecule has 2 unspecified atom stereocenters. The van der Waals surface area contributed by atoms with Gasteiger partial charge in [-0.25, -0.2) is 0 Å². The summed E-state index contributed by atoms with van der Waals surface area (Å²) in [7, 11) is 1.16. The number of phosphoric acid groups is 1. The van der Waals surface area contributed by atoms with Gasteiger partial charge in [0.25, 0.3) is 7.82 Å². The van der Waals surface area contributed by atoms with Crippen LogP contribution in [-0.2, 0) is 32.7 Å². The number of ether oxygens (including phenoxy) is 2. The molecule has 0 heterocycles. The molecule has 0 saturated carbocycles. The molecule has 0 radical (unpaired) electrons. The van der Waals surface area contributed by atoms with Crippen molar-refractivity contribution in [2.24, 2.45) is 0 Å². The minimum atomic E-state index is -4.62. The van der Waals surface area contributed by atoms with Gasteiger partial charge in [-0.15, -0.1) is 0 Å². The number of quaternary nitrogens is 1. The molecule has 10 heteroatoms. The van der Waals surface area contributed by atoms with Crippen LogP contribution < -0.4 is 4.89 Å². The molecule has 9 nitrogen and oxygen atoms in total. The second kappa shape index (κ2) is 39.0. The van der Waals surface area contributed by atoms with Crippen molar-refractivity contribution in [3.8, 4) is 0 Å². The Hall–Kier alpha value is -1.51. The number of rotatable bonds is 42. The van der Waals surface area contributed by atoms with E-state index in [4.69, 9.17) is 18.5 Å². The Labute approximate surface area is 345 Å². The van der Waals surface area contributed by atoms with Gasteiger partial charge in [-0.3, -0.25) is 14.2 Å². The van der Waals surface area contributed by atoms with Crippen LogP contribution in [0.15, 0.2) is 24.3 Å². The Morgan fingerprint density at radius 3 is 1.38 bits per heavy atom. The second-order valence-electron chi connectivity index (χ2n) is 16.8. The van der Waals surface area contributed by atoms with Crippen molar-refractivity contribution < 1.29 is 42.1 Å². The minimum absolute atomic E-state index is 0.0313. The van der Waals surface area contributed by atoms with Gasteiger partial charge in [0.1, 0.15) is 19.8 Å². The molecule has 0 amide bonds. The zero-order valence-electron chi connectivity index (χ0n) is 37.1. The molecule has 0 aliphatic heterocycles. The number of unbranched alkanes of at least 4 members (excludes halogenated alkanes) is 24. The first kappa shape index (κ1) is 54.5. The van der Waals surface area contributed by atoms with E-state index in [1.165, 1.54) is 109 Å². The van der Waals surface area contributed by atoms with Crippen molar-refractivity contribution in [3.63, 3.8) is 0 Å². The first-order valence-corrected chi connectivity index (χ1v) is 24.5. The molecule has 0 aromatic carbocycles. The standard InChI is InChI=1S/C46H88NO8P/c1-6-8-10-12-14-16-18-19-20-21-22-23-24-25-26-27-29-31-33-35-37-39-46(49)55-44(43-54-56(50,51)53-41-40-47(3,4)5)42-52-45(48)38-36-34-32-30-28-17-15-13-11-9-7-2/h13,15,21-22,44H,6-12,14,16-20,23-43H2,1-5H3/b15-13-,22-21-. The lowest BCUT2D eigenvalue weighted by Gasteiger charge is -2.28. The first-order chi connectivity index (χ1) is 27.0. The summed E-state index contributed by atoms with van der Waals surface area (Å²) in [6.45, 7) is 4.19. The van der Waals surface area contributed by atoms with E-state index >= 15 is 0 Å². The third-order valence-electron chi connectivity index (χ3n) is 9.94. The van der Waals surface area contributed by atoms with Crippen LogP contribution in [0.25, 0.3) is 0 Å². The average Bonchev–Trinajstić information content (AvgIpc) is 3.15. The van der Waals surface area contributed by atoms with Crippen LogP contribution in [0.5, 0.6) is 0 Å². The predicted molar refractivity (Wildman–Crippen MR) is 231 cm³/mol. The molecule has 0 aliphatic rings. The maximum Gasteiger partial charge on any atom is 0.306 e. The normalized spacial score (nSPS) is 13.8. The van der Waals surface area contributed by atoms with Crippen LogP contribution in [0.2, 0.25) is 0 Å². The van der Waals surface area contributed by atoms with Crippen LogP contribution >= 0.6 is 7.82 Å². The van der Waals surface area contributed by atoms with Crippen LogP contribution in [0.1, 0.15) is 206 Å². The number of carbonyl (C=O) groups is 2. The van der Waals surface area contributed by atoms with Gasteiger partial charge < -0.3 is 27.9 Å². The Bertz CT molecular complexity index is 1010. The van der Waals surface area contributed by atoms with Gasteiger partial charge in [0.2, 0.25) is 0 Å². The van der Waals surface area contributed by atoms with Crippen molar-refractivity contribution in [1.82, 2.24) is 0 Å². The van der Waals surface area contributed by atoms with E-state index in [2.05, 4.69) is 38.2 Å². The summed E-state index contributed by atoms with van der Waals surface area (Å²) in [5, 5.41) is 0. The lowest BCUT2D eigenvalue weighted by Crippen LogP contribution is -2.37. The van der Waals surface area contributed by atoms with Crippen molar-refractivity contribution in [1.29, 1.82) is 0 Å². The number of hydrogen-bond acceptors (Lipinski definition) is 8. The molecule has 0 spiro atoms. The van der Waals surface area contributed by atoms with Crippen molar-refractivity contribution in [2.45, 2.75) is 213 Å². The number of carbonyl (C=O) groups excluding carboxylic acids is 2. The Balaban J connectivity index is 4.26. The Morgan fingerprint density at radius 1 is 0.536 bits per heavy atom. The fraction of sp³-hybridized carbons (Fsp3) is 0.870. The number of phosphoric ester groups is 1. The maximum atomic E-state index is 12.7. The number of hydrogen-bond donors (Lipinski definition) is 0. The molecule has 0 aliphatic carbocycles. The quantitative estimate of drug-likeness (QED) is 0.0197. The summed E-state index contributed by atoms with van der Waals surface area (Å²) >= 11 is 0. The van der Waals surface area contributed by atoms with E-state index in [0.29, 0.717) is 17.4 Å². The van der Waals surface area contributed by atoms with Gasteiger partial charge in [0.15, 0.2) is 6.10 Å². The summed E-state index contributed by atoms with van der Waals surface area (Å²) in [4.78, 5) is 37.5. The van der Waals surface area contributed by atoms with E-state index in [-0.39, 0.29) is 26.1 Å². The molecule has 0 bridgehead atoms. The van der Waals surface area contributed by atoms with Crippen molar-refractivity contribution in [2.75, 3.05) is 47.5 Å². The SMILES string of the molecule is CCCC/C=C\CCCCCCCC(=O)OCC(COP(=O)([O-])OCC[N+](C)(C)C)OC(=O)CCCCCCCCCCC/C=C\CCCCCCCCCC. The molecule has 0 fully saturated rings. The van der Waals surface area contributed by atoms with E-state index in [9.17, 15) is 19.0 Å².